The van der Waals surface area contributed by atoms with E-state index in [1.807, 2.05) is 24.0 Å². The topological polar surface area (TPSA) is 57.6 Å². The van der Waals surface area contributed by atoms with Gasteiger partial charge in [0.05, 0.1) is 0 Å². The molecule has 110 valence electrons. The Morgan fingerprint density at radius 2 is 2.14 bits per heavy atom. The molecule has 1 aromatic rings. The summed E-state index contributed by atoms with van der Waals surface area (Å²) in [6.07, 6.45) is 6.22. The lowest BCUT2D eigenvalue weighted by atomic mass is 10.0. The standard InChI is InChI=1S/C17H19NO3/c1-11-8-14(4-3-13(11)5-7-16(19)20)17(21)18-10-12-2-6-15(18)9-12/h3-5,7-8,12,15H,2,6,9-10H2,1H3,(H,19,20)/b7-5+. The van der Waals surface area contributed by atoms with Crippen LogP contribution in [0.3, 0.4) is 0 Å². The van der Waals surface area contributed by atoms with Crippen LogP contribution in [0.5, 0.6) is 0 Å². The molecular formula is C17H19NO3. The first-order valence-corrected chi connectivity index (χ1v) is 7.37. The van der Waals surface area contributed by atoms with Crippen molar-refractivity contribution < 1.29 is 14.7 Å². The molecule has 1 amide bonds. The summed E-state index contributed by atoms with van der Waals surface area (Å²) < 4.78 is 0. The number of carbonyl (C=O) groups is 2. The predicted molar refractivity (Wildman–Crippen MR) is 80.0 cm³/mol. The molecule has 1 saturated carbocycles. The van der Waals surface area contributed by atoms with Crippen LogP contribution in [-0.4, -0.2) is 34.5 Å². The fourth-order valence-corrected chi connectivity index (χ4v) is 3.50. The Hall–Kier alpha value is -2.10. The van der Waals surface area contributed by atoms with E-state index in [1.165, 1.54) is 6.42 Å². The van der Waals surface area contributed by atoms with Gasteiger partial charge < -0.3 is 10.0 Å². The number of likely N-dealkylation sites (tertiary alicyclic amines) is 1. The van der Waals surface area contributed by atoms with E-state index >= 15 is 0 Å². The number of benzene rings is 1. The number of carboxylic acids is 1. The van der Waals surface area contributed by atoms with Gasteiger partial charge in [0.1, 0.15) is 0 Å². The normalized spacial score (nSPS) is 24.0. The molecule has 0 radical (unpaired) electrons. The number of amides is 1. The first-order valence-electron chi connectivity index (χ1n) is 7.37. The predicted octanol–water partition coefficient (Wildman–Crippen LogP) is 2.72. The molecule has 1 aromatic carbocycles. The third-order valence-corrected chi connectivity index (χ3v) is 4.59. The van der Waals surface area contributed by atoms with Crippen molar-refractivity contribution in [3.05, 3.63) is 41.0 Å². The molecule has 0 aromatic heterocycles. The lowest BCUT2D eigenvalue weighted by Crippen LogP contribution is -2.37. The Morgan fingerprint density at radius 3 is 2.71 bits per heavy atom. The number of nitrogens with zero attached hydrogens (tertiary/aromatic N) is 1. The Balaban J connectivity index is 1.78. The van der Waals surface area contributed by atoms with E-state index in [-0.39, 0.29) is 5.91 Å². The number of carbonyl (C=O) groups excluding carboxylic acids is 1. The molecular weight excluding hydrogens is 266 g/mol. The SMILES string of the molecule is Cc1cc(C(=O)N2CC3CCC2C3)ccc1/C=C/C(=O)O. The van der Waals surface area contributed by atoms with Gasteiger partial charge in [0, 0.05) is 24.2 Å². The van der Waals surface area contributed by atoms with Gasteiger partial charge in [-0.1, -0.05) is 6.07 Å². The molecule has 1 aliphatic heterocycles. The first kappa shape index (κ1) is 13.9. The molecule has 2 bridgehead atoms. The number of piperidine rings is 1. The van der Waals surface area contributed by atoms with Crippen molar-refractivity contribution in [3.63, 3.8) is 0 Å². The zero-order valence-electron chi connectivity index (χ0n) is 12.1. The summed E-state index contributed by atoms with van der Waals surface area (Å²) in [5.41, 5.74) is 2.45. The quantitative estimate of drug-likeness (QED) is 0.869. The number of carboxylic acid groups (broad SMARTS) is 1. The maximum absolute atomic E-state index is 12.6. The fraction of sp³-hybridized carbons (Fsp3) is 0.412. The summed E-state index contributed by atoms with van der Waals surface area (Å²) in [6, 6.07) is 5.89. The van der Waals surface area contributed by atoms with Gasteiger partial charge in [0.15, 0.2) is 0 Å². The minimum atomic E-state index is -0.970. The van der Waals surface area contributed by atoms with Gasteiger partial charge in [-0.05, 0) is 61.4 Å². The van der Waals surface area contributed by atoms with Crippen molar-refractivity contribution in [2.45, 2.75) is 32.2 Å². The Kier molecular flexibility index (Phi) is 3.53. The van der Waals surface area contributed by atoms with Gasteiger partial charge in [-0.25, -0.2) is 4.79 Å². The minimum Gasteiger partial charge on any atom is -0.478 e. The highest BCUT2D eigenvalue weighted by Gasteiger charge is 2.40. The van der Waals surface area contributed by atoms with E-state index in [0.29, 0.717) is 17.5 Å². The largest absolute Gasteiger partial charge is 0.478 e. The van der Waals surface area contributed by atoms with Crippen LogP contribution in [0.2, 0.25) is 0 Å². The van der Waals surface area contributed by atoms with Gasteiger partial charge in [0.2, 0.25) is 0 Å². The fourth-order valence-electron chi connectivity index (χ4n) is 3.50. The van der Waals surface area contributed by atoms with E-state index in [1.54, 1.807) is 12.1 Å². The van der Waals surface area contributed by atoms with E-state index in [9.17, 15) is 9.59 Å². The lowest BCUT2D eigenvalue weighted by Gasteiger charge is -2.27. The highest BCUT2D eigenvalue weighted by Crippen LogP contribution is 2.38. The van der Waals surface area contributed by atoms with Gasteiger partial charge in [-0.3, -0.25) is 4.79 Å². The van der Waals surface area contributed by atoms with Crippen LogP contribution < -0.4 is 0 Å². The monoisotopic (exact) mass is 285 g/mol. The van der Waals surface area contributed by atoms with Crippen molar-refractivity contribution in [2.75, 3.05) is 6.54 Å². The second-order valence-corrected chi connectivity index (χ2v) is 6.03. The maximum Gasteiger partial charge on any atom is 0.328 e. The second-order valence-electron chi connectivity index (χ2n) is 6.03. The number of aryl methyl sites for hydroxylation is 1. The number of aliphatic carboxylic acids is 1. The Morgan fingerprint density at radius 1 is 1.33 bits per heavy atom. The smallest absolute Gasteiger partial charge is 0.328 e. The molecule has 2 atom stereocenters. The number of hydrogen-bond donors (Lipinski definition) is 1. The number of hydrogen-bond acceptors (Lipinski definition) is 2. The van der Waals surface area contributed by atoms with Crippen molar-refractivity contribution >= 4 is 18.0 Å². The zero-order valence-corrected chi connectivity index (χ0v) is 12.1. The Bertz CT molecular complexity index is 620. The van der Waals surface area contributed by atoms with Crippen molar-refractivity contribution in [2.24, 2.45) is 5.92 Å². The summed E-state index contributed by atoms with van der Waals surface area (Å²) in [5, 5.41) is 8.66. The van der Waals surface area contributed by atoms with Crippen LogP contribution in [0.4, 0.5) is 0 Å². The average molecular weight is 285 g/mol. The van der Waals surface area contributed by atoms with E-state index in [2.05, 4.69) is 0 Å². The highest BCUT2D eigenvalue weighted by molar-refractivity contribution is 5.95. The van der Waals surface area contributed by atoms with Crippen LogP contribution in [0.25, 0.3) is 6.08 Å². The van der Waals surface area contributed by atoms with Gasteiger partial charge >= 0.3 is 5.97 Å². The molecule has 2 fully saturated rings. The molecule has 1 N–H and O–H groups in total. The summed E-state index contributed by atoms with van der Waals surface area (Å²) in [4.78, 5) is 25.1. The van der Waals surface area contributed by atoms with Gasteiger partial charge in [-0.2, -0.15) is 0 Å². The molecule has 0 spiro atoms. The van der Waals surface area contributed by atoms with Gasteiger partial charge in [0.25, 0.3) is 5.91 Å². The Labute approximate surface area is 124 Å². The second kappa shape index (κ2) is 5.35. The van der Waals surface area contributed by atoms with Crippen LogP contribution in [-0.2, 0) is 4.79 Å². The third-order valence-electron chi connectivity index (χ3n) is 4.59. The van der Waals surface area contributed by atoms with Crippen LogP contribution >= 0.6 is 0 Å². The summed E-state index contributed by atoms with van der Waals surface area (Å²) in [7, 11) is 0. The number of fused-ring (bicyclic) bond motifs is 2. The summed E-state index contributed by atoms with van der Waals surface area (Å²) in [6.45, 7) is 2.79. The van der Waals surface area contributed by atoms with Crippen LogP contribution in [0.15, 0.2) is 24.3 Å². The molecule has 1 aliphatic carbocycles. The molecule has 2 unspecified atom stereocenters. The van der Waals surface area contributed by atoms with Crippen molar-refractivity contribution in [3.8, 4) is 0 Å². The van der Waals surface area contributed by atoms with Crippen LogP contribution in [0, 0.1) is 12.8 Å². The molecule has 2 aliphatic rings. The highest BCUT2D eigenvalue weighted by atomic mass is 16.4. The zero-order chi connectivity index (χ0) is 15.0. The molecule has 4 heteroatoms. The molecule has 1 saturated heterocycles. The molecule has 1 heterocycles. The lowest BCUT2D eigenvalue weighted by molar-refractivity contribution is -0.131. The summed E-state index contributed by atoms with van der Waals surface area (Å²) >= 11 is 0. The van der Waals surface area contributed by atoms with Gasteiger partial charge in [-0.15, -0.1) is 0 Å². The molecule has 4 nitrogen and oxygen atoms in total. The molecule has 3 rings (SSSR count). The van der Waals surface area contributed by atoms with E-state index in [0.717, 1.165) is 36.6 Å². The van der Waals surface area contributed by atoms with Crippen LogP contribution in [0.1, 0.15) is 40.7 Å². The minimum absolute atomic E-state index is 0.110. The third kappa shape index (κ3) is 2.71. The van der Waals surface area contributed by atoms with E-state index in [4.69, 9.17) is 5.11 Å². The van der Waals surface area contributed by atoms with Crippen molar-refractivity contribution in [1.29, 1.82) is 0 Å². The molecule has 21 heavy (non-hydrogen) atoms. The average Bonchev–Trinajstić information content (AvgIpc) is 3.07. The number of rotatable bonds is 3. The van der Waals surface area contributed by atoms with E-state index < -0.39 is 5.97 Å². The maximum atomic E-state index is 12.6. The first-order chi connectivity index (χ1) is 10.0. The summed E-state index contributed by atoms with van der Waals surface area (Å²) in [5.74, 6) is -0.167. The van der Waals surface area contributed by atoms with Crippen molar-refractivity contribution in [1.82, 2.24) is 4.90 Å².